The molecule has 0 atom stereocenters. The van der Waals surface area contributed by atoms with Crippen molar-refractivity contribution in [3.63, 3.8) is 0 Å². The van der Waals surface area contributed by atoms with E-state index in [0.29, 0.717) is 17.6 Å². The van der Waals surface area contributed by atoms with Gasteiger partial charge in [-0.25, -0.2) is 4.39 Å². The number of anilines is 1. The van der Waals surface area contributed by atoms with Gasteiger partial charge in [-0.05, 0) is 12.5 Å². The molecule has 2 N–H and O–H groups in total. The number of methoxy groups -OCH3 is 1. The molecule has 0 amide bonds. The summed E-state index contributed by atoms with van der Waals surface area (Å²) in [7, 11) is 1.33. The molecule has 2 aromatic rings. The average Bonchev–Trinajstić information content (AvgIpc) is 2.89. The molecule has 0 spiro atoms. The highest BCUT2D eigenvalue weighted by Gasteiger charge is 2.13. The van der Waals surface area contributed by atoms with Crippen LogP contribution in [-0.2, 0) is 9.53 Å². The van der Waals surface area contributed by atoms with E-state index in [1.165, 1.54) is 19.4 Å². The third-order valence-electron chi connectivity index (χ3n) is 2.70. The Balaban J connectivity index is 2.07. The van der Waals surface area contributed by atoms with Gasteiger partial charge in [-0.3, -0.25) is 4.79 Å². The molecular weight excluding hydrogens is 253 g/mol. The van der Waals surface area contributed by atoms with Gasteiger partial charge in [0.25, 0.3) is 0 Å². The number of carbonyl (C=O) groups excluding carboxylic acids is 1. The van der Waals surface area contributed by atoms with Crippen molar-refractivity contribution >= 4 is 22.6 Å². The minimum absolute atomic E-state index is 0.0399. The van der Waals surface area contributed by atoms with E-state index in [4.69, 9.17) is 14.9 Å². The summed E-state index contributed by atoms with van der Waals surface area (Å²) in [5.74, 6) is -0.550. The van der Waals surface area contributed by atoms with E-state index in [1.54, 1.807) is 6.07 Å². The molecule has 0 radical (unpaired) electrons. The van der Waals surface area contributed by atoms with Gasteiger partial charge in [-0.2, -0.15) is 0 Å². The summed E-state index contributed by atoms with van der Waals surface area (Å²) in [5.41, 5.74) is 5.79. The molecule has 0 bridgehead atoms. The van der Waals surface area contributed by atoms with Crippen LogP contribution in [0.2, 0.25) is 0 Å². The molecule has 1 heterocycles. The minimum Gasteiger partial charge on any atom is -0.493 e. The van der Waals surface area contributed by atoms with Crippen molar-refractivity contribution in [2.24, 2.45) is 0 Å². The van der Waals surface area contributed by atoms with Gasteiger partial charge in [0, 0.05) is 12.5 Å². The zero-order chi connectivity index (χ0) is 13.8. The highest BCUT2D eigenvalue weighted by Crippen LogP contribution is 2.33. The Hall–Kier alpha value is -2.24. The number of rotatable bonds is 5. The number of furan rings is 1. The van der Waals surface area contributed by atoms with Gasteiger partial charge in [0.15, 0.2) is 11.4 Å². The van der Waals surface area contributed by atoms with Crippen LogP contribution in [0.3, 0.4) is 0 Å². The van der Waals surface area contributed by atoms with Gasteiger partial charge in [0.05, 0.1) is 25.4 Å². The van der Waals surface area contributed by atoms with Crippen LogP contribution >= 0.6 is 0 Å². The first-order valence-electron chi connectivity index (χ1n) is 5.78. The van der Waals surface area contributed by atoms with E-state index >= 15 is 0 Å². The topological polar surface area (TPSA) is 74.7 Å². The molecule has 0 saturated heterocycles. The number of ether oxygens (including phenoxy) is 2. The molecule has 0 aliphatic carbocycles. The molecule has 1 aromatic heterocycles. The van der Waals surface area contributed by atoms with Crippen molar-refractivity contribution in [1.82, 2.24) is 0 Å². The monoisotopic (exact) mass is 267 g/mol. The normalized spacial score (nSPS) is 10.6. The largest absolute Gasteiger partial charge is 0.493 e. The summed E-state index contributed by atoms with van der Waals surface area (Å²) >= 11 is 0. The number of nitrogen functional groups attached to an aromatic ring is 1. The van der Waals surface area contributed by atoms with E-state index in [1.807, 2.05) is 0 Å². The van der Waals surface area contributed by atoms with Crippen LogP contribution in [0, 0.1) is 5.82 Å². The smallest absolute Gasteiger partial charge is 0.305 e. The van der Waals surface area contributed by atoms with Gasteiger partial charge in [0.1, 0.15) is 11.4 Å². The van der Waals surface area contributed by atoms with Gasteiger partial charge >= 0.3 is 5.97 Å². The lowest BCUT2D eigenvalue weighted by Gasteiger charge is -2.08. The van der Waals surface area contributed by atoms with Crippen molar-refractivity contribution in [2.45, 2.75) is 12.8 Å². The van der Waals surface area contributed by atoms with Crippen LogP contribution in [0.5, 0.6) is 5.75 Å². The van der Waals surface area contributed by atoms with E-state index in [2.05, 4.69) is 4.74 Å². The van der Waals surface area contributed by atoms with Crippen LogP contribution in [0.4, 0.5) is 10.1 Å². The van der Waals surface area contributed by atoms with E-state index in [0.717, 1.165) is 0 Å². The number of hydrogen-bond acceptors (Lipinski definition) is 5. The number of nitrogens with two attached hydrogens (primary N) is 1. The highest BCUT2D eigenvalue weighted by molar-refractivity contribution is 5.93. The van der Waals surface area contributed by atoms with Gasteiger partial charge in [-0.15, -0.1) is 0 Å². The quantitative estimate of drug-likeness (QED) is 0.511. The van der Waals surface area contributed by atoms with Gasteiger partial charge in [-0.1, -0.05) is 0 Å². The standard InChI is InChI=1S/C13H14FNO4/c1-17-11(16)3-2-5-18-10-7-9(14)12(15)13-8(10)4-6-19-13/h4,6-7H,2-3,5,15H2,1H3. The molecule has 1 aromatic carbocycles. The fourth-order valence-corrected chi connectivity index (χ4v) is 1.71. The van der Waals surface area contributed by atoms with Crippen molar-refractivity contribution in [2.75, 3.05) is 19.5 Å². The average molecular weight is 267 g/mol. The zero-order valence-electron chi connectivity index (χ0n) is 10.4. The number of carbonyl (C=O) groups is 1. The van der Waals surface area contributed by atoms with E-state index in [9.17, 15) is 9.18 Å². The molecule has 0 unspecified atom stereocenters. The van der Waals surface area contributed by atoms with Gasteiger partial charge in [0.2, 0.25) is 0 Å². The fourth-order valence-electron chi connectivity index (χ4n) is 1.71. The Morgan fingerprint density at radius 3 is 3.05 bits per heavy atom. The molecule has 0 fully saturated rings. The maximum atomic E-state index is 13.5. The second-order valence-corrected chi connectivity index (χ2v) is 3.96. The minimum atomic E-state index is -0.592. The second kappa shape index (κ2) is 5.60. The van der Waals surface area contributed by atoms with E-state index in [-0.39, 0.29) is 30.3 Å². The number of benzene rings is 1. The van der Waals surface area contributed by atoms with E-state index < -0.39 is 5.82 Å². The number of hydrogen-bond donors (Lipinski definition) is 1. The zero-order valence-corrected chi connectivity index (χ0v) is 10.4. The van der Waals surface area contributed by atoms with Crippen LogP contribution in [0.1, 0.15) is 12.8 Å². The maximum absolute atomic E-state index is 13.5. The van der Waals surface area contributed by atoms with Crippen molar-refractivity contribution in [3.8, 4) is 5.75 Å². The molecule has 0 aliphatic heterocycles. The second-order valence-electron chi connectivity index (χ2n) is 3.96. The lowest BCUT2D eigenvalue weighted by atomic mass is 10.2. The van der Waals surface area contributed by atoms with Crippen LogP contribution in [-0.4, -0.2) is 19.7 Å². The molecular formula is C13H14FNO4. The first kappa shape index (κ1) is 13.2. The summed E-state index contributed by atoms with van der Waals surface area (Å²) in [6.45, 7) is 0.277. The fraction of sp³-hybridized carbons (Fsp3) is 0.308. The molecule has 6 heteroatoms. The first-order chi connectivity index (χ1) is 9.13. The summed E-state index contributed by atoms with van der Waals surface area (Å²) in [6, 6.07) is 2.87. The number of fused-ring (bicyclic) bond motifs is 1. The summed E-state index contributed by atoms with van der Waals surface area (Å²) in [5, 5.41) is 0.608. The lowest BCUT2D eigenvalue weighted by molar-refractivity contribution is -0.140. The molecule has 2 rings (SSSR count). The Labute approximate surface area is 109 Å². The summed E-state index contributed by atoms with van der Waals surface area (Å²) in [4.78, 5) is 10.9. The van der Waals surface area contributed by atoms with Crippen LogP contribution in [0.25, 0.3) is 11.0 Å². The number of esters is 1. The Morgan fingerprint density at radius 1 is 1.53 bits per heavy atom. The third kappa shape index (κ3) is 2.78. The summed E-state index contributed by atoms with van der Waals surface area (Å²) < 4.78 is 28.6. The molecule has 0 aliphatic rings. The lowest BCUT2D eigenvalue weighted by Crippen LogP contribution is -2.05. The summed E-state index contributed by atoms with van der Waals surface area (Å²) in [6.07, 6.45) is 2.16. The SMILES string of the molecule is COC(=O)CCCOc1cc(F)c(N)c2occc12. The highest BCUT2D eigenvalue weighted by atomic mass is 19.1. The van der Waals surface area contributed by atoms with Crippen LogP contribution < -0.4 is 10.5 Å². The third-order valence-corrected chi connectivity index (χ3v) is 2.70. The molecule has 102 valence electrons. The Bertz CT molecular complexity index is 594. The molecule has 19 heavy (non-hydrogen) atoms. The Kier molecular flexibility index (Phi) is 3.89. The number of halogens is 1. The Morgan fingerprint density at radius 2 is 2.32 bits per heavy atom. The van der Waals surface area contributed by atoms with Crippen LogP contribution in [0.15, 0.2) is 22.8 Å². The van der Waals surface area contributed by atoms with Crippen molar-refractivity contribution in [1.29, 1.82) is 0 Å². The predicted octanol–water partition coefficient (Wildman–Crippen LogP) is 2.49. The maximum Gasteiger partial charge on any atom is 0.305 e. The van der Waals surface area contributed by atoms with Crippen molar-refractivity contribution < 1.29 is 23.1 Å². The predicted molar refractivity (Wildman–Crippen MR) is 67.3 cm³/mol. The van der Waals surface area contributed by atoms with Crippen molar-refractivity contribution in [3.05, 3.63) is 24.2 Å². The first-order valence-corrected chi connectivity index (χ1v) is 5.78. The molecule has 5 nitrogen and oxygen atoms in total. The van der Waals surface area contributed by atoms with Gasteiger partial charge < -0.3 is 19.6 Å². The molecule has 0 saturated carbocycles.